The van der Waals surface area contributed by atoms with Gasteiger partial charge in [-0.1, -0.05) is 110 Å². The third-order valence-corrected chi connectivity index (χ3v) is 9.52. The molecule has 0 radical (unpaired) electrons. The van der Waals surface area contributed by atoms with Gasteiger partial charge in [-0.25, -0.2) is 15.0 Å². The van der Waals surface area contributed by atoms with Crippen LogP contribution in [0, 0.1) is 22.7 Å². The van der Waals surface area contributed by atoms with Crippen molar-refractivity contribution in [3.05, 3.63) is 132 Å². The standard InChI is InChI=1S/C38H29N5Si/c1-44(2,3)35-16-10-15-30(23-35)31-17-26(24-39)18-32(21-31)33-19-27(25-40)20-34(22-33)38-42-36(28-11-6-4-7-12-28)41-37(43-38)29-13-8-5-9-14-29/h4-23H,1-3H3. The normalized spacial score (nSPS) is 11.0. The Kier molecular flexibility index (Phi) is 7.68. The Morgan fingerprint density at radius 2 is 0.841 bits per heavy atom. The summed E-state index contributed by atoms with van der Waals surface area (Å²) in [4.78, 5) is 14.5. The first kappa shape index (κ1) is 28.4. The molecule has 0 fully saturated rings. The van der Waals surface area contributed by atoms with Crippen LogP contribution in [0.1, 0.15) is 11.1 Å². The molecule has 0 aliphatic heterocycles. The third kappa shape index (κ3) is 6.08. The molecule has 0 amide bonds. The fraction of sp³-hybridized carbons (Fsp3) is 0.0789. The second-order valence-electron chi connectivity index (χ2n) is 11.7. The summed E-state index contributed by atoms with van der Waals surface area (Å²) in [6, 6.07) is 44.3. The lowest BCUT2D eigenvalue weighted by molar-refractivity contribution is 1.07. The van der Waals surface area contributed by atoms with Crippen molar-refractivity contribution in [2.75, 3.05) is 0 Å². The number of nitriles is 2. The van der Waals surface area contributed by atoms with Crippen LogP contribution in [0.25, 0.3) is 56.4 Å². The van der Waals surface area contributed by atoms with Crippen molar-refractivity contribution >= 4 is 13.3 Å². The van der Waals surface area contributed by atoms with E-state index in [4.69, 9.17) is 15.0 Å². The smallest absolute Gasteiger partial charge is 0.164 e. The van der Waals surface area contributed by atoms with E-state index in [2.05, 4.69) is 62.1 Å². The Hall–Kier alpha value is -5.69. The zero-order chi connectivity index (χ0) is 30.7. The summed E-state index contributed by atoms with van der Waals surface area (Å²) < 4.78 is 0. The van der Waals surface area contributed by atoms with Gasteiger partial charge in [0, 0.05) is 16.7 Å². The van der Waals surface area contributed by atoms with E-state index in [1.165, 1.54) is 5.19 Å². The molecule has 0 bridgehead atoms. The highest BCUT2D eigenvalue weighted by Gasteiger charge is 2.18. The van der Waals surface area contributed by atoms with E-state index >= 15 is 0 Å². The Bertz CT molecular complexity index is 2010. The van der Waals surface area contributed by atoms with Crippen molar-refractivity contribution in [2.24, 2.45) is 0 Å². The van der Waals surface area contributed by atoms with Gasteiger partial charge in [-0.15, -0.1) is 0 Å². The van der Waals surface area contributed by atoms with Crippen molar-refractivity contribution in [2.45, 2.75) is 19.6 Å². The average Bonchev–Trinajstić information content (AvgIpc) is 3.08. The molecule has 44 heavy (non-hydrogen) atoms. The molecule has 0 aliphatic carbocycles. The van der Waals surface area contributed by atoms with Gasteiger partial charge in [-0.3, -0.25) is 0 Å². The zero-order valence-corrected chi connectivity index (χ0v) is 25.8. The predicted octanol–water partition coefficient (Wildman–Crippen LogP) is 8.50. The molecular weight excluding hydrogens is 555 g/mol. The van der Waals surface area contributed by atoms with E-state index in [1.807, 2.05) is 84.9 Å². The van der Waals surface area contributed by atoms with E-state index in [0.717, 1.165) is 33.4 Å². The molecular formula is C38H29N5Si. The summed E-state index contributed by atoms with van der Waals surface area (Å²) in [5.41, 5.74) is 7.15. The quantitative estimate of drug-likeness (QED) is 0.184. The lowest BCUT2D eigenvalue weighted by Gasteiger charge is -2.18. The lowest BCUT2D eigenvalue weighted by atomic mass is 9.94. The minimum absolute atomic E-state index is 0.468. The molecule has 0 spiro atoms. The molecule has 5 nitrogen and oxygen atoms in total. The summed E-state index contributed by atoms with van der Waals surface area (Å²) in [5, 5.41) is 21.3. The van der Waals surface area contributed by atoms with Crippen LogP contribution in [-0.2, 0) is 0 Å². The van der Waals surface area contributed by atoms with Gasteiger partial charge in [0.25, 0.3) is 0 Å². The molecule has 6 heteroatoms. The van der Waals surface area contributed by atoms with Gasteiger partial charge >= 0.3 is 0 Å². The molecule has 1 aromatic heterocycles. The predicted molar refractivity (Wildman–Crippen MR) is 179 cm³/mol. The average molecular weight is 584 g/mol. The molecule has 0 atom stereocenters. The van der Waals surface area contributed by atoms with Gasteiger partial charge in [0.15, 0.2) is 17.5 Å². The fourth-order valence-electron chi connectivity index (χ4n) is 5.12. The van der Waals surface area contributed by atoms with Crippen LogP contribution < -0.4 is 5.19 Å². The largest absolute Gasteiger partial charge is 0.208 e. The van der Waals surface area contributed by atoms with Crippen molar-refractivity contribution in [1.82, 2.24) is 15.0 Å². The molecule has 5 aromatic carbocycles. The number of hydrogen-bond acceptors (Lipinski definition) is 5. The van der Waals surface area contributed by atoms with E-state index in [9.17, 15) is 10.5 Å². The molecule has 0 N–H and O–H groups in total. The maximum absolute atomic E-state index is 10.0. The Morgan fingerprint density at radius 3 is 1.32 bits per heavy atom. The Morgan fingerprint density at radius 1 is 0.432 bits per heavy atom. The van der Waals surface area contributed by atoms with Crippen molar-refractivity contribution in [3.63, 3.8) is 0 Å². The summed E-state index contributed by atoms with van der Waals surface area (Å²) in [7, 11) is -1.53. The number of benzene rings is 5. The first-order chi connectivity index (χ1) is 21.3. The Balaban J connectivity index is 1.52. The van der Waals surface area contributed by atoms with Crippen LogP contribution in [0.2, 0.25) is 19.6 Å². The number of hydrogen-bond donors (Lipinski definition) is 0. The van der Waals surface area contributed by atoms with Crippen LogP contribution >= 0.6 is 0 Å². The van der Waals surface area contributed by atoms with Crippen LogP contribution in [0.15, 0.2) is 121 Å². The minimum Gasteiger partial charge on any atom is -0.208 e. The van der Waals surface area contributed by atoms with Crippen LogP contribution in [0.5, 0.6) is 0 Å². The van der Waals surface area contributed by atoms with E-state index in [-0.39, 0.29) is 0 Å². The number of aromatic nitrogens is 3. The Labute approximate surface area is 258 Å². The monoisotopic (exact) mass is 583 g/mol. The second-order valence-corrected chi connectivity index (χ2v) is 16.8. The molecule has 210 valence electrons. The number of rotatable bonds is 6. The molecule has 0 unspecified atom stereocenters. The van der Waals surface area contributed by atoms with Crippen LogP contribution in [0.3, 0.4) is 0 Å². The van der Waals surface area contributed by atoms with Gasteiger partial charge in [0.1, 0.15) is 0 Å². The van der Waals surface area contributed by atoms with Gasteiger partial charge in [-0.05, 0) is 58.7 Å². The second kappa shape index (κ2) is 11.9. The first-order valence-electron chi connectivity index (χ1n) is 14.4. The number of nitrogens with zero attached hydrogens (tertiary/aromatic N) is 5. The van der Waals surface area contributed by atoms with Gasteiger partial charge < -0.3 is 0 Å². The van der Waals surface area contributed by atoms with E-state index in [1.54, 1.807) is 6.07 Å². The third-order valence-electron chi connectivity index (χ3n) is 7.48. The first-order valence-corrected chi connectivity index (χ1v) is 17.9. The molecule has 0 saturated carbocycles. The van der Waals surface area contributed by atoms with E-state index in [0.29, 0.717) is 34.2 Å². The summed E-state index contributed by atoms with van der Waals surface area (Å²) in [6.07, 6.45) is 0. The highest BCUT2D eigenvalue weighted by molar-refractivity contribution is 6.88. The van der Waals surface area contributed by atoms with Crippen LogP contribution in [-0.4, -0.2) is 23.0 Å². The molecule has 0 saturated heterocycles. The van der Waals surface area contributed by atoms with Gasteiger partial charge in [0.05, 0.1) is 31.3 Å². The summed E-state index contributed by atoms with van der Waals surface area (Å²) in [5.74, 6) is 1.57. The highest BCUT2D eigenvalue weighted by Crippen LogP contribution is 2.32. The molecule has 6 rings (SSSR count). The van der Waals surface area contributed by atoms with E-state index < -0.39 is 8.07 Å². The van der Waals surface area contributed by atoms with Crippen molar-refractivity contribution in [1.29, 1.82) is 10.5 Å². The molecule has 1 heterocycles. The molecule has 6 aromatic rings. The maximum atomic E-state index is 10.0. The van der Waals surface area contributed by atoms with Crippen molar-refractivity contribution < 1.29 is 0 Å². The van der Waals surface area contributed by atoms with Gasteiger partial charge in [0.2, 0.25) is 0 Å². The highest BCUT2D eigenvalue weighted by atomic mass is 28.3. The molecule has 0 aliphatic rings. The van der Waals surface area contributed by atoms with Crippen molar-refractivity contribution in [3.8, 4) is 68.6 Å². The topological polar surface area (TPSA) is 86.2 Å². The van der Waals surface area contributed by atoms with Crippen LogP contribution in [0.4, 0.5) is 0 Å². The SMILES string of the molecule is C[Si](C)(C)c1cccc(-c2cc(C#N)cc(-c3cc(C#N)cc(-c4nc(-c5ccccc5)nc(-c5ccccc5)n4)c3)c2)c1. The minimum atomic E-state index is -1.53. The summed E-state index contributed by atoms with van der Waals surface area (Å²) in [6.45, 7) is 6.98. The summed E-state index contributed by atoms with van der Waals surface area (Å²) >= 11 is 0. The maximum Gasteiger partial charge on any atom is 0.164 e. The zero-order valence-electron chi connectivity index (χ0n) is 24.8. The van der Waals surface area contributed by atoms with Gasteiger partial charge in [-0.2, -0.15) is 10.5 Å². The fourth-order valence-corrected chi connectivity index (χ4v) is 6.30. The lowest BCUT2D eigenvalue weighted by Crippen LogP contribution is -2.37.